The van der Waals surface area contributed by atoms with Crippen molar-refractivity contribution in [2.24, 2.45) is 5.16 Å². The molecular formula is C9H10ClNO. The lowest BCUT2D eigenvalue weighted by molar-refractivity contribution is 0.213. The van der Waals surface area contributed by atoms with Gasteiger partial charge in [0, 0.05) is 5.56 Å². The number of alkyl halides is 1. The number of hydrogen-bond acceptors (Lipinski definition) is 2. The normalized spacial score (nSPS) is 11.3. The minimum absolute atomic E-state index is 0.359. The topological polar surface area (TPSA) is 21.6 Å². The molecule has 1 rings (SSSR count). The van der Waals surface area contributed by atoms with Crippen LogP contribution in [-0.4, -0.2) is 18.7 Å². The van der Waals surface area contributed by atoms with E-state index in [1.54, 1.807) is 0 Å². The summed E-state index contributed by atoms with van der Waals surface area (Å²) in [5, 5.41) is 3.80. The minimum atomic E-state index is 0.359. The third-order valence-electron chi connectivity index (χ3n) is 1.44. The average Bonchev–Trinajstić information content (AvgIpc) is 2.15. The molecule has 64 valence electrons. The van der Waals surface area contributed by atoms with Crippen LogP contribution in [0, 0.1) is 0 Å². The van der Waals surface area contributed by atoms with Gasteiger partial charge in [-0.3, -0.25) is 0 Å². The predicted molar refractivity (Wildman–Crippen MR) is 50.7 cm³/mol. The molecule has 0 fully saturated rings. The molecule has 0 unspecified atom stereocenters. The molecule has 3 heteroatoms. The van der Waals surface area contributed by atoms with Crippen molar-refractivity contribution < 1.29 is 4.84 Å². The summed E-state index contributed by atoms with van der Waals surface area (Å²) in [5.74, 6) is 0.359. The molecule has 0 aromatic heterocycles. The summed E-state index contributed by atoms with van der Waals surface area (Å²) in [6.45, 7) is 0. The van der Waals surface area contributed by atoms with E-state index >= 15 is 0 Å². The molecule has 0 aliphatic heterocycles. The lowest BCUT2D eigenvalue weighted by Gasteiger charge is -2.00. The summed E-state index contributed by atoms with van der Waals surface area (Å²) < 4.78 is 0. The van der Waals surface area contributed by atoms with Gasteiger partial charge in [-0.1, -0.05) is 35.5 Å². The van der Waals surface area contributed by atoms with Crippen LogP contribution < -0.4 is 0 Å². The van der Waals surface area contributed by atoms with Crippen LogP contribution in [-0.2, 0) is 4.84 Å². The Bertz CT molecular complexity index is 258. The van der Waals surface area contributed by atoms with Gasteiger partial charge in [-0.05, 0) is 0 Å². The van der Waals surface area contributed by atoms with E-state index in [1.807, 2.05) is 30.3 Å². The number of oxime groups is 1. The van der Waals surface area contributed by atoms with Crippen LogP contribution in [0.15, 0.2) is 35.5 Å². The van der Waals surface area contributed by atoms with E-state index in [0.29, 0.717) is 5.88 Å². The summed E-state index contributed by atoms with van der Waals surface area (Å²) in [6.07, 6.45) is 0. The Labute approximate surface area is 76.8 Å². The molecule has 0 N–H and O–H groups in total. The monoisotopic (exact) mass is 183 g/mol. The van der Waals surface area contributed by atoms with E-state index in [9.17, 15) is 0 Å². The van der Waals surface area contributed by atoms with Crippen molar-refractivity contribution >= 4 is 17.3 Å². The third kappa shape index (κ3) is 2.24. The van der Waals surface area contributed by atoms with E-state index in [2.05, 4.69) is 9.99 Å². The van der Waals surface area contributed by atoms with Crippen LogP contribution in [0.5, 0.6) is 0 Å². The fraction of sp³-hybridized carbons (Fsp3) is 0.222. The third-order valence-corrected chi connectivity index (χ3v) is 1.69. The van der Waals surface area contributed by atoms with Gasteiger partial charge in [0.05, 0.1) is 5.88 Å². The molecular weight excluding hydrogens is 174 g/mol. The summed E-state index contributed by atoms with van der Waals surface area (Å²) in [6, 6.07) is 9.71. The second-order valence-electron chi connectivity index (χ2n) is 2.22. The first kappa shape index (κ1) is 9.07. The maximum absolute atomic E-state index is 5.67. The largest absolute Gasteiger partial charge is 0.399 e. The van der Waals surface area contributed by atoms with E-state index in [1.165, 1.54) is 7.11 Å². The smallest absolute Gasteiger partial charge is 0.106 e. The number of hydrogen-bond donors (Lipinski definition) is 0. The Balaban J connectivity index is 2.88. The van der Waals surface area contributed by atoms with Gasteiger partial charge < -0.3 is 4.84 Å². The molecule has 0 heterocycles. The lowest BCUT2D eigenvalue weighted by atomic mass is 10.1. The number of nitrogens with zero attached hydrogens (tertiary/aromatic N) is 1. The van der Waals surface area contributed by atoms with Gasteiger partial charge in [-0.2, -0.15) is 0 Å². The molecule has 0 saturated carbocycles. The van der Waals surface area contributed by atoms with Crippen molar-refractivity contribution in [3.05, 3.63) is 35.9 Å². The average molecular weight is 184 g/mol. The van der Waals surface area contributed by atoms with Gasteiger partial charge in [0.25, 0.3) is 0 Å². The first-order chi connectivity index (χ1) is 5.88. The number of rotatable bonds is 3. The molecule has 0 bridgehead atoms. The molecule has 2 nitrogen and oxygen atoms in total. The van der Waals surface area contributed by atoms with E-state index in [-0.39, 0.29) is 0 Å². The zero-order valence-electron chi connectivity index (χ0n) is 6.83. The zero-order valence-corrected chi connectivity index (χ0v) is 7.58. The van der Waals surface area contributed by atoms with E-state index in [0.717, 1.165) is 11.3 Å². The highest BCUT2D eigenvalue weighted by Crippen LogP contribution is 2.02. The first-order valence-corrected chi connectivity index (χ1v) is 4.13. The van der Waals surface area contributed by atoms with Gasteiger partial charge in [0.1, 0.15) is 12.8 Å². The summed E-state index contributed by atoms with van der Waals surface area (Å²) in [7, 11) is 1.51. The molecule has 0 aliphatic carbocycles. The summed E-state index contributed by atoms with van der Waals surface area (Å²) in [5.41, 5.74) is 1.74. The highest BCUT2D eigenvalue weighted by Gasteiger charge is 2.00. The van der Waals surface area contributed by atoms with Crippen molar-refractivity contribution in [2.45, 2.75) is 0 Å². The molecule has 1 aromatic carbocycles. The first-order valence-electron chi connectivity index (χ1n) is 3.60. The standard InChI is InChI=1S/C9H10ClNO/c1-12-11-9(7-10)8-5-3-2-4-6-8/h2-6H,7H2,1H3/b11-9-. The SMILES string of the molecule is CO/N=C(/CCl)c1ccccc1. The number of halogens is 1. The van der Waals surface area contributed by atoms with Gasteiger partial charge in [-0.15, -0.1) is 11.6 Å². The predicted octanol–water partition coefficient (Wildman–Crippen LogP) is 2.28. The van der Waals surface area contributed by atoms with Crippen LogP contribution in [0.25, 0.3) is 0 Å². The molecule has 0 amide bonds. The van der Waals surface area contributed by atoms with Crippen LogP contribution in [0.3, 0.4) is 0 Å². The maximum Gasteiger partial charge on any atom is 0.106 e. The summed E-state index contributed by atoms with van der Waals surface area (Å²) in [4.78, 5) is 4.65. The number of benzene rings is 1. The van der Waals surface area contributed by atoms with E-state index < -0.39 is 0 Å². The van der Waals surface area contributed by atoms with Gasteiger partial charge >= 0.3 is 0 Å². The quantitative estimate of drug-likeness (QED) is 0.400. The second kappa shape index (κ2) is 4.78. The Kier molecular flexibility index (Phi) is 3.61. The molecule has 12 heavy (non-hydrogen) atoms. The molecule has 0 atom stereocenters. The van der Waals surface area contributed by atoms with Crippen molar-refractivity contribution in [1.82, 2.24) is 0 Å². The molecule has 1 aromatic rings. The van der Waals surface area contributed by atoms with Crippen molar-refractivity contribution in [2.75, 3.05) is 13.0 Å². The van der Waals surface area contributed by atoms with Gasteiger partial charge in [0.15, 0.2) is 0 Å². The zero-order chi connectivity index (χ0) is 8.81. The second-order valence-corrected chi connectivity index (χ2v) is 2.49. The van der Waals surface area contributed by atoms with Crippen LogP contribution in [0.2, 0.25) is 0 Å². The Morgan fingerprint density at radius 1 is 1.42 bits per heavy atom. The van der Waals surface area contributed by atoms with Gasteiger partial charge in [0.2, 0.25) is 0 Å². The minimum Gasteiger partial charge on any atom is -0.399 e. The van der Waals surface area contributed by atoms with E-state index in [4.69, 9.17) is 11.6 Å². The van der Waals surface area contributed by atoms with Crippen LogP contribution in [0.4, 0.5) is 0 Å². The molecule has 0 saturated heterocycles. The molecule has 0 radical (unpaired) electrons. The fourth-order valence-corrected chi connectivity index (χ4v) is 1.10. The Morgan fingerprint density at radius 3 is 2.58 bits per heavy atom. The van der Waals surface area contributed by atoms with Crippen LogP contribution in [0.1, 0.15) is 5.56 Å². The Morgan fingerprint density at radius 2 is 2.08 bits per heavy atom. The van der Waals surface area contributed by atoms with Crippen molar-refractivity contribution in [1.29, 1.82) is 0 Å². The molecule has 0 aliphatic rings. The van der Waals surface area contributed by atoms with Gasteiger partial charge in [-0.25, -0.2) is 0 Å². The highest BCUT2D eigenvalue weighted by atomic mass is 35.5. The van der Waals surface area contributed by atoms with Crippen molar-refractivity contribution in [3.63, 3.8) is 0 Å². The van der Waals surface area contributed by atoms with Crippen LogP contribution >= 0.6 is 11.6 Å². The fourth-order valence-electron chi connectivity index (χ4n) is 0.895. The molecule has 0 spiro atoms. The lowest BCUT2D eigenvalue weighted by Crippen LogP contribution is -2.02. The highest BCUT2D eigenvalue weighted by molar-refractivity contribution is 6.31. The van der Waals surface area contributed by atoms with Crippen molar-refractivity contribution in [3.8, 4) is 0 Å². The Hall–Kier alpha value is -1.02. The maximum atomic E-state index is 5.67. The summed E-state index contributed by atoms with van der Waals surface area (Å²) >= 11 is 5.67.